The van der Waals surface area contributed by atoms with Gasteiger partial charge in [-0.2, -0.15) is 0 Å². The van der Waals surface area contributed by atoms with Gasteiger partial charge in [-0.15, -0.1) is 0 Å². The molecule has 7 nitrogen and oxygen atoms in total. The highest BCUT2D eigenvalue weighted by molar-refractivity contribution is 5.94. The summed E-state index contributed by atoms with van der Waals surface area (Å²) in [6.45, 7) is 10.4. The van der Waals surface area contributed by atoms with Crippen molar-refractivity contribution in [2.45, 2.75) is 19.9 Å². The van der Waals surface area contributed by atoms with Crippen LogP contribution in [0.1, 0.15) is 34.6 Å². The van der Waals surface area contributed by atoms with Crippen LogP contribution in [0.25, 0.3) is 16.6 Å². The molecule has 0 aliphatic carbocycles. The van der Waals surface area contributed by atoms with Gasteiger partial charge in [-0.25, -0.2) is 4.79 Å². The molecule has 2 aliphatic rings. The Bertz CT molecular complexity index is 1160. The largest absolute Gasteiger partial charge is 0.478 e. The summed E-state index contributed by atoms with van der Waals surface area (Å²) < 4.78 is 13.2. The number of carboxylic acids is 1. The third-order valence-corrected chi connectivity index (χ3v) is 7.01. The van der Waals surface area contributed by atoms with E-state index in [1.54, 1.807) is 0 Å². The molecule has 7 heteroatoms. The number of anilines is 1. The second-order valence-electron chi connectivity index (χ2n) is 8.83. The number of aromatic carboxylic acids is 1. The average molecular weight is 450 g/mol. The number of carboxylic acid groups (broad SMARTS) is 1. The number of nitrogens with zero attached hydrogens (tertiary/aromatic N) is 3. The molecule has 1 aromatic carbocycles. The van der Waals surface area contributed by atoms with E-state index in [2.05, 4.69) is 57.7 Å². The van der Waals surface area contributed by atoms with Gasteiger partial charge in [-0.1, -0.05) is 12.1 Å². The van der Waals surface area contributed by atoms with Gasteiger partial charge in [0.2, 0.25) is 0 Å². The molecule has 0 saturated carbocycles. The molecule has 33 heavy (non-hydrogen) atoms. The summed E-state index contributed by atoms with van der Waals surface area (Å²) >= 11 is 0. The first-order chi connectivity index (χ1) is 16.0. The molecule has 3 aromatic rings. The van der Waals surface area contributed by atoms with E-state index in [9.17, 15) is 9.90 Å². The monoisotopic (exact) mass is 449 g/mol. The van der Waals surface area contributed by atoms with Gasteiger partial charge in [0.25, 0.3) is 0 Å². The van der Waals surface area contributed by atoms with Crippen LogP contribution in [-0.2, 0) is 9.47 Å². The van der Waals surface area contributed by atoms with E-state index in [1.807, 2.05) is 13.0 Å². The number of rotatable bonds is 5. The molecule has 0 amide bonds. The summed E-state index contributed by atoms with van der Waals surface area (Å²) in [5, 5.41) is 9.99. The summed E-state index contributed by atoms with van der Waals surface area (Å²) in [5.41, 5.74) is 6.44. The molecule has 1 N–H and O–H groups in total. The highest BCUT2D eigenvalue weighted by Crippen LogP contribution is 2.35. The molecular weight excluding hydrogens is 418 g/mol. The number of aromatic nitrogens is 1. The topological polar surface area (TPSA) is 66.6 Å². The molecule has 0 spiro atoms. The van der Waals surface area contributed by atoms with Crippen molar-refractivity contribution in [3.63, 3.8) is 0 Å². The Morgan fingerprint density at radius 3 is 2.39 bits per heavy atom. The number of pyridine rings is 1. The molecule has 0 bridgehead atoms. The summed E-state index contributed by atoms with van der Waals surface area (Å²) in [4.78, 5) is 16.9. The van der Waals surface area contributed by atoms with Crippen molar-refractivity contribution in [3.8, 4) is 11.1 Å². The van der Waals surface area contributed by atoms with Crippen LogP contribution in [0.15, 0.2) is 42.6 Å². The van der Waals surface area contributed by atoms with Gasteiger partial charge < -0.3 is 23.9 Å². The van der Waals surface area contributed by atoms with Crippen molar-refractivity contribution in [2.75, 3.05) is 57.5 Å². The molecule has 2 saturated heterocycles. The number of carbonyl (C=O) groups is 1. The highest BCUT2D eigenvalue weighted by Gasteiger charge is 2.26. The van der Waals surface area contributed by atoms with E-state index in [1.165, 1.54) is 5.69 Å². The Hall–Kier alpha value is -2.87. The molecule has 1 atom stereocenters. The van der Waals surface area contributed by atoms with Crippen LogP contribution >= 0.6 is 0 Å². The van der Waals surface area contributed by atoms with Crippen LogP contribution in [0.4, 0.5) is 5.69 Å². The molecule has 1 unspecified atom stereocenters. The fraction of sp³-hybridized carbons (Fsp3) is 0.423. The minimum Gasteiger partial charge on any atom is -0.478 e. The van der Waals surface area contributed by atoms with Gasteiger partial charge >= 0.3 is 5.97 Å². The minimum atomic E-state index is -0.889. The predicted molar refractivity (Wildman–Crippen MR) is 128 cm³/mol. The smallest absolute Gasteiger partial charge is 0.336 e. The molecule has 4 heterocycles. The van der Waals surface area contributed by atoms with Crippen LogP contribution in [0.5, 0.6) is 0 Å². The van der Waals surface area contributed by atoms with E-state index < -0.39 is 5.97 Å². The van der Waals surface area contributed by atoms with Gasteiger partial charge in [0.1, 0.15) is 0 Å². The number of hydrogen-bond donors (Lipinski definition) is 1. The van der Waals surface area contributed by atoms with Gasteiger partial charge in [-0.05, 0) is 49.2 Å². The Morgan fingerprint density at radius 2 is 1.70 bits per heavy atom. The van der Waals surface area contributed by atoms with E-state index in [0.717, 1.165) is 67.3 Å². The maximum atomic E-state index is 12.2. The Balaban J connectivity index is 1.62. The van der Waals surface area contributed by atoms with E-state index in [4.69, 9.17) is 9.47 Å². The quantitative estimate of drug-likeness (QED) is 0.638. The van der Waals surface area contributed by atoms with Gasteiger partial charge in [0.05, 0.1) is 37.5 Å². The number of morpholine rings is 2. The number of ether oxygens (including phenoxy) is 2. The SMILES string of the molecule is Cc1c(C(=O)O)cc2c(-c3cccc(N4CCOCC4)c3)ccn2c1C(C)N1CCOCC1. The lowest BCUT2D eigenvalue weighted by Crippen LogP contribution is -2.39. The van der Waals surface area contributed by atoms with Crippen LogP contribution in [0.3, 0.4) is 0 Å². The lowest BCUT2D eigenvalue weighted by molar-refractivity contribution is 0.0187. The van der Waals surface area contributed by atoms with Crippen LogP contribution in [0.2, 0.25) is 0 Å². The molecule has 2 fully saturated rings. The van der Waals surface area contributed by atoms with Gasteiger partial charge in [0.15, 0.2) is 0 Å². The highest BCUT2D eigenvalue weighted by atomic mass is 16.5. The van der Waals surface area contributed by atoms with Crippen LogP contribution in [0, 0.1) is 6.92 Å². The lowest BCUT2D eigenvalue weighted by Gasteiger charge is -2.34. The zero-order chi connectivity index (χ0) is 22.9. The Labute approximate surface area is 194 Å². The van der Waals surface area contributed by atoms with Gasteiger partial charge in [0, 0.05) is 55.4 Å². The maximum Gasteiger partial charge on any atom is 0.336 e. The second-order valence-corrected chi connectivity index (χ2v) is 8.83. The summed E-state index contributed by atoms with van der Waals surface area (Å²) in [6.07, 6.45) is 2.08. The minimum absolute atomic E-state index is 0.0793. The number of fused-ring (bicyclic) bond motifs is 1. The zero-order valence-corrected chi connectivity index (χ0v) is 19.3. The average Bonchev–Trinajstić information content (AvgIpc) is 3.28. The van der Waals surface area contributed by atoms with Crippen molar-refractivity contribution in [1.82, 2.24) is 9.30 Å². The lowest BCUT2D eigenvalue weighted by atomic mass is 9.99. The molecule has 2 aliphatic heterocycles. The van der Waals surface area contributed by atoms with Crippen molar-refractivity contribution in [2.24, 2.45) is 0 Å². The van der Waals surface area contributed by atoms with Crippen molar-refractivity contribution in [1.29, 1.82) is 0 Å². The number of benzene rings is 1. The molecule has 174 valence electrons. The molecule has 2 aromatic heterocycles. The normalized spacial score (nSPS) is 18.5. The summed E-state index contributed by atoms with van der Waals surface area (Å²) in [6, 6.07) is 12.5. The molecule has 0 radical (unpaired) electrons. The second kappa shape index (κ2) is 9.17. The Kier molecular flexibility index (Phi) is 6.10. The fourth-order valence-electron chi connectivity index (χ4n) is 5.18. The first kappa shape index (κ1) is 21.9. The van der Waals surface area contributed by atoms with Crippen LogP contribution < -0.4 is 4.90 Å². The molecular formula is C26H31N3O4. The fourth-order valence-corrected chi connectivity index (χ4v) is 5.18. The summed E-state index contributed by atoms with van der Waals surface area (Å²) in [5.74, 6) is -0.889. The van der Waals surface area contributed by atoms with Crippen LogP contribution in [-0.4, -0.2) is 73.0 Å². The third kappa shape index (κ3) is 4.12. The first-order valence-electron chi connectivity index (χ1n) is 11.7. The third-order valence-electron chi connectivity index (χ3n) is 7.01. The molecule has 5 rings (SSSR count). The number of hydrogen-bond acceptors (Lipinski definition) is 5. The van der Waals surface area contributed by atoms with E-state index >= 15 is 0 Å². The van der Waals surface area contributed by atoms with Gasteiger partial charge in [-0.3, -0.25) is 4.90 Å². The maximum absolute atomic E-state index is 12.2. The Morgan fingerprint density at radius 1 is 1.00 bits per heavy atom. The van der Waals surface area contributed by atoms with Crippen molar-refractivity contribution < 1.29 is 19.4 Å². The zero-order valence-electron chi connectivity index (χ0n) is 19.3. The first-order valence-corrected chi connectivity index (χ1v) is 11.7. The van der Waals surface area contributed by atoms with E-state index in [-0.39, 0.29) is 6.04 Å². The summed E-state index contributed by atoms with van der Waals surface area (Å²) in [7, 11) is 0. The van der Waals surface area contributed by atoms with Crippen molar-refractivity contribution >= 4 is 17.2 Å². The van der Waals surface area contributed by atoms with Crippen molar-refractivity contribution in [3.05, 3.63) is 59.4 Å². The van der Waals surface area contributed by atoms with E-state index in [0.29, 0.717) is 18.8 Å². The standard InChI is InChI=1S/C26H31N3O4/c1-18-23(26(30)31)17-24-22(20-4-3-5-21(16-20)28-10-14-33-15-11-28)6-7-29(24)25(18)19(2)27-8-12-32-13-9-27/h3-7,16-17,19H,8-15H2,1-2H3,(H,30,31). The predicted octanol–water partition coefficient (Wildman–Crippen LogP) is 3.84.